The molecule has 0 atom stereocenters. The topological polar surface area (TPSA) is 12.9 Å². The SMILES string of the molecule is Cc1nccc(Br)c1C(C)C. The van der Waals surface area contributed by atoms with E-state index in [1.807, 2.05) is 19.2 Å². The Morgan fingerprint density at radius 1 is 1.45 bits per heavy atom. The van der Waals surface area contributed by atoms with Crippen molar-refractivity contribution in [1.29, 1.82) is 0 Å². The minimum Gasteiger partial charge on any atom is -0.261 e. The van der Waals surface area contributed by atoms with Gasteiger partial charge in [-0.05, 0) is 24.5 Å². The maximum atomic E-state index is 4.23. The van der Waals surface area contributed by atoms with Crippen LogP contribution in [0.1, 0.15) is 31.0 Å². The molecule has 0 amide bonds. The summed E-state index contributed by atoms with van der Waals surface area (Å²) in [5.41, 5.74) is 2.43. The summed E-state index contributed by atoms with van der Waals surface area (Å²) >= 11 is 3.51. The van der Waals surface area contributed by atoms with E-state index in [1.54, 1.807) is 0 Å². The van der Waals surface area contributed by atoms with Crippen LogP contribution >= 0.6 is 15.9 Å². The quantitative estimate of drug-likeness (QED) is 0.699. The van der Waals surface area contributed by atoms with Gasteiger partial charge in [-0.25, -0.2) is 0 Å². The van der Waals surface area contributed by atoms with Crippen molar-refractivity contribution in [3.05, 3.63) is 28.0 Å². The predicted molar refractivity (Wildman–Crippen MR) is 50.8 cm³/mol. The maximum Gasteiger partial charge on any atom is 0.0418 e. The smallest absolute Gasteiger partial charge is 0.0418 e. The Hall–Kier alpha value is -0.370. The molecule has 60 valence electrons. The lowest BCUT2D eigenvalue weighted by molar-refractivity contribution is 0.836. The highest BCUT2D eigenvalue weighted by Crippen LogP contribution is 2.25. The molecule has 0 aliphatic carbocycles. The molecule has 0 radical (unpaired) electrons. The van der Waals surface area contributed by atoms with Crippen molar-refractivity contribution in [1.82, 2.24) is 4.98 Å². The van der Waals surface area contributed by atoms with Crippen LogP contribution in [0.5, 0.6) is 0 Å². The first-order valence-electron chi connectivity index (χ1n) is 3.74. The van der Waals surface area contributed by atoms with Gasteiger partial charge in [0.1, 0.15) is 0 Å². The van der Waals surface area contributed by atoms with Crippen molar-refractivity contribution in [2.75, 3.05) is 0 Å². The van der Waals surface area contributed by atoms with Crippen LogP contribution in [0.25, 0.3) is 0 Å². The summed E-state index contributed by atoms with van der Waals surface area (Å²) in [6.07, 6.45) is 1.82. The monoisotopic (exact) mass is 213 g/mol. The summed E-state index contributed by atoms with van der Waals surface area (Å²) < 4.78 is 1.17. The molecule has 0 aromatic carbocycles. The summed E-state index contributed by atoms with van der Waals surface area (Å²) in [6.45, 7) is 6.39. The highest BCUT2D eigenvalue weighted by molar-refractivity contribution is 9.10. The molecule has 0 bridgehead atoms. The summed E-state index contributed by atoms with van der Waals surface area (Å²) in [5, 5.41) is 0. The maximum absolute atomic E-state index is 4.23. The Bertz CT molecular complexity index is 235. The summed E-state index contributed by atoms with van der Waals surface area (Å²) in [5.74, 6) is 0.540. The van der Waals surface area contributed by atoms with E-state index in [-0.39, 0.29) is 0 Å². The van der Waals surface area contributed by atoms with Gasteiger partial charge < -0.3 is 0 Å². The van der Waals surface area contributed by atoms with E-state index >= 15 is 0 Å². The molecular formula is C9H12BrN. The second-order valence-corrected chi connectivity index (χ2v) is 3.80. The number of rotatable bonds is 1. The Morgan fingerprint density at radius 3 is 2.45 bits per heavy atom. The van der Waals surface area contributed by atoms with Crippen molar-refractivity contribution in [2.24, 2.45) is 0 Å². The van der Waals surface area contributed by atoms with Gasteiger partial charge in [-0.3, -0.25) is 4.98 Å². The number of aryl methyl sites for hydroxylation is 1. The van der Waals surface area contributed by atoms with Crippen LogP contribution in [-0.2, 0) is 0 Å². The zero-order valence-electron chi connectivity index (χ0n) is 7.06. The van der Waals surface area contributed by atoms with Gasteiger partial charge in [0.25, 0.3) is 0 Å². The number of aromatic nitrogens is 1. The average Bonchev–Trinajstić information content (AvgIpc) is 1.85. The van der Waals surface area contributed by atoms with Gasteiger partial charge in [0.05, 0.1) is 0 Å². The van der Waals surface area contributed by atoms with Gasteiger partial charge in [-0.2, -0.15) is 0 Å². The fourth-order valence-electron chi connectivity index (χ4n) is 1.24. The first-order chi connectivity index (χ1) is 5.13. The molecule has 1 heterocycles. The van der Waals surface area contributed by atoms with E-state index in [2.05, 4.69) is 34.8 Å². The van der Waals surface area contributed by atoms with Crippen molar-refractivity contribution in [2.45, 2.75) is 26.7 Å². The number of hydrogen-bond acceptors (Lipinski definition) is 1. The third-order valence-electron chi connectivity index (χ3n) is 1.71. The zero-order valence-corrected chi connectivity index (χ0v) is 8.64. The molecule has 0 N–H and O–H groups in total. The Morgan fingerprint density at radius 2 is 2.09 bits per heavy atom. The molecule has 1 nitrogen and oxygen atoms in total. The number of pyridine rings is 1. The zero-order chi connectivity index (χ0) is 8.43. The lowest BCUT2D eigenvalue weighted by Crippen LogP contribution is -1.95. The highest BCUT2D eigenvalue weighted by atomic mass is 79.9. The molecule has 0 saturated heterocycles. The molecule has 1 aromatic rings. The third kappa shape index (κ3) is 1.80. The Kier molecular flexibility index (Phi) is 2.66. The van der Waals surface area contributed by atoms with Crippen molar-refractivity contribution in [3.8, 4) is 0 Å². The second-order valence-electron chi connectivity index (χ2n) is 2.95. The molecule has 0 unspecified atom stereocenters. The molecule has 2 heteroatoms. The van der Waals surface area contributed by atoms with Gasteiger partial charge in [-0.15, -0.1) is 0 Å². The fourth-order valence-corrected chi connectivity index (χ4v) is 2.10. The largest absolute Gasteiger partial charge is 0.261 e. The van der Waals surface area contributed by atoms with Crippen LogP contribution < -0.4 is 0 Å². The predicted octanol–water partition coefficient (Wildman–Crippen LogP) is 3.28. The van der Waals surface area contributed by atoms with E-state index in [9.17, 15) is 0 Å². The van der Waals surface area contributed by atoms with Crippen LogP contribution in [0.3, 0.4) is 0 Å². The van der Waals surface area contributed by atoms with Crippen molar-refractivity contribution < 1.29 is 0 Å². The standard InChI is InChI=1S/C9H12BrN/c1-6(2)9-7(3)11-5-4-8(9)10/h4-6H,1-3H3. The summed E-state index contributed by atoms with van der Waals surface area (Å²) in [6, 6.07) is 1.99. The van der Waals surface area contributed by atoms with Crippen LogP contribution in [0.4, 0.5) is 0 Å². The van der Waals surface area contributed by atoms with Gasteiger partial charge in [0.15, 0.2) is 0 Å². The molecular weight excluding hydrogens is 202 g/mol. The van der Waals surface area contributed by atoms with Gasteiger partial charge >= 0.3 is 0 Å². The van der Waals surface area contributed by atoms with Crippen LogP contribution in [0.15, 0.2) is 16.7 Å². The van der Waals surface area contributed by atoms with E-state index < -0.39 is 0 Å². The normalized spacial score (nSPS) is 10.6. The number of nitrogens with zero attached hydrogens (tertiary/aromatic N) is 1. The first kappa shape index (κ1) is 8.72. The number of halogens is 1. The van der Waals surface area contributed by atoms with Crippen molar-refractivity contribution >= 4 is 15.9 Å². The molecule has 0 aliphatic rings. The number of hydrogen-bond donors (Lipinski definition) is 0. The average molecular weight is 214 g/mol. The minimum atomic E-state index is 0.540. The van der Waals surface area contributed by atoms with Crippen molar-refractivity contribution in [3.63, 3.8) is 0 Å². The molecule has 11 heavy (non-hydrogen) atoms. The van der Waals surface area contributed by atoms with Gasteiger partial charge in [-0.1, -0.05) is 29.8 Å². The molecule has 0 fully saturated rings. The molecule has 0 saturated carbocycles. The van der Waals surface area contributed by atoms with Crippen LogP contribution in [-0.4, -0.2) is 4.98 Å². The fraction of sp³-hybridized carbons (Fsp3) is 0.444. The highest BCUT2D eigenvalue weighted by Gasteiger charge is 2.07. The summed E-state index contributed by atoms with van der Waals surface area (Å²) in [4.78, 5) is 4.23. The van der Waals surface area contributed by atoms with Gasteiger partial charge in [0, 0.05) is 16.4 Å². The van der Waals surface area contributed by atoms with Gasteiger partial charge in [0.2, 0.25) is 0 Å². The van der Waals surface area contributed by atoms with E-state index in [4.69, 9.17) is 0 Å². The lowest BCUT2D eigenvalue weighted by atomic mass is 10.0. The second kappa shape index (κ2) is 3.35. The van der Waals surface area contributed by atoms with E-state index in [0.717, 1.165) is 5.69 Å². The summed E-state index contributed by atoms with van der Waals surface area (Å²) in [7, 11) is 0. The Labute approximate surface area is 76.0 Å². The Balaban J connectivity index is 3.21. The first-order valence-corrected chi connectivity index (χ1v) is 4.53. The molecule has 0 spiro atoms. The molecule has 1 aromatic heterocycles. The van der Waals surface area contributed by atoms with E-state index in [1.165, 1.54) is 10.0 Å². The molecule has 0 aliphatic heterocycles. The third-order valence-corrected chi connectivity index (χ3v) is 2.40. The van der Waals surface area contributed by atoms with Crippen LogP contribution in [0, 0.1) is 6.92 Å². The minimum absolute atomic E-state index is 0.540. The molecule has 1 rings (SSSR count). The lowest BCUT2D eigenvalue weighted by Gasteiger charge is -2.09. The van der Waals surface area contributed by atoms with E-state index in [0.29, 0.717) is 5.92 Å². The van der Waals surface area contributed by atoms with Crippen LogP contribution in [0.2, 0.25) is 0 Å².